The summed E-state index contributed by atoms with van der Waals surface area (Å²) in [7, 11) is 0. The summed E-state index contributed by atoms with van der Waals surface area (Å²) in [5.41, 5.74) is 7.67. The largest absolute Gasteiger partial charge is 0.330 e. The van der Waals surface area contributed by atoms with Crippen molar-refractivity contribution in [2.45, 2.75) is 33.6 Å². The molecule has 0 heterocycles. The molecule has 1 amide bonds. The lowest BCUT2D eigenvalue weighted by Crippen LogP contribution is -2.23. The number of amides is 1. The van der Waals surface area contributed by atoms with E-state index in [-0.39, 0.29) is 11.8 Å². The van der Waals surface area contributed by atoms with Gasteiger partial charge in [0, 0.05) is 10.9 Å². The van der Waals surface area contributed by atoms with Gasteiger partial charge in [0.1, 0.15) is 0 Å². The third-order valence-electron chi connectivity index (χ3n) is 3.01. The molecule has 1 rings (SSSR count). The summed E-state index contributed by atoms with van der Waals surface area (Å²) in [5, 5.41) is 2.95. The normalized spacial score (nSPS) is 12.5. The number of benzene rings is 1. The van der Waals surface area contributed by atoms with Gasteiger partial charge in [0.05, 0.1) is 5.69 Å². The first-order valence-corrected chi connectivity index (χ1v) is 7.47. The van der Waals surface area contributed by atoms with Crippen LogP contribution in [0.15, 0.2) is 22.7 Å². The molecule has 0 aliphatic carbocycles. The van der Waals surface area contributed by atoms with E-state index in [1.54, 1.807) is 0 Å². The number of nitrogens with two attached hydrogens (primary N) is 1. The Morgan fingerprint density at radius 1 is 1.42 bits per heavy atom. The van der Waals surface area contributed by atoms with E-state index in [9.17, 15) is 4.79 Å². The van der Waals surface area contributed by atoms with Crippen molar-refractivity contribution in [1.82, 2.24) is 0 Å². The Morgan fingerprint density at radius 3 is 2.68 bits per heavy atom. The minimum absolute atomic E-state index is 0.0300. The summed E-state index contributed by atoms with van der Waals surface area (Å²) < 4.78 is 0.902. The van der Waals surface area contributed by atoms with Gasteiger partial charge >= 0.3 is 0 Å². The molecule has 3 nitrogen and oxygen atoms in total. The topological polar surface area (TPSA) is 55.1 Å². The van der Waals surface area contributed by atoms with Crippen LogP contribution in [0, 0.1) is 18.8 Å². The van der Waals surface area contributed by atoms with Crippen molar-refractivity contribution in [3.8, 4) is 0 Å². The van der Waals surface area contributed by atoms with Gasteiger partial charge in [-0.2, -0.15) is 0 Å². The molecule has 0 unspecified atom stereocenters. The van der Waals surface area contributed by atoms with Gasteiger partial charge in [-0.05, 0) is 65.4 Å². The highest BCUT2D eigenvalue weighted by Gasteiger charge is 2.15. The van der Waals surface area contributed by atoms with E-state index >= 15 is 0 Å². The van der Waals surface area contributed by atoms with E-state index in [1.807, 2.05) is 25.1 Å². The number of carbonyl (C=O) groups is 1. The first-order valence-electron chi connectivity index (χ1n) is 6.68. The second-order valence-electron chi connectivity index (χ2n) is 5.47. The summed E-state index contributed by atoms with van der Waals surface area (Å²) in [5.74, 6) is 0.845. The van der Waals surface area contributed by atoms with Crippen LogP contribution in [0.1, 0.15) is 32.3 Å². The first kappa shape index (κ1) is 16.2. The summed E-state index contributed by atoms with van der Waals surface area (Å²) >= 11 is 3.44. The Morgan fingerprint density at radius 2 is 2.11 bits per heavy atom. The molecular weight excluding hydrogens is 304 g/mol. The van der Waals surface area contributed by atoms with E-state index in [1.165, 1.54) is 0 Å². The molecule has 0 aromatic heterocycles. The maximum Gasteiger partial charge on any atom is 0.224 e. The molecule has 0 aliphatic heterocycles. The zero-order chi connectivity index (χ0) is 14.4. The lowest BCUT2D eigenvalue weighted by atomic mass is 9.94. The van der Waals surface area contributed by atoms with Gasteiger partial charge in [0.25, 0.3) is 0 Å². The molecule has 1 aromatic carbocycles. The minimum atomic E-state index is 0.0300. The van der Waals surface area contributed by atoms with E-state index in [4.69, 9.17) is 5.73 Å². The van der Waals surface area contributed by atoms with Crippen molar-refractivity contribution >= 4 is 27.5 Å². The van der Waals surface area contributed by atoms with Gasteiger partial charge in [0.15, 0.2) is 0 Å². The Hall–Kier alpha value is -0.870. The molecule has 0 saturated carbocycles. The van der Waals surface area contributed by atoms with Crippen LogP contribution in [-0.4, -0.2) is 12.5 Å². The molecule has 0 radical (unpaired) electrons. The SMILES string of the molecule is Cc1ccc(Br)c(NC(=O)C[C@@H](CN)CC(C)C)c1. The van der Waals surface area contributed by atoms with Crippen LogP contribution < -0.4 is 11.1 Å². The van der Waals surface area contributed by atoms with Crippen molar-refractivity contribution < 1.29 is 4.79 Å². The molecule has 0 aliphatic rings. The molecule has 0 saturated heterocycles. The van der Waals surface area contributed by atoms with Crippen LogP contribution in [0.25, 0.3) is 0 Å². The number of rotatable bonds is 6. The number of hydrogen-bond acceptors (Lipinski definition) is 2. The Bertz CT molecular complexity index is 432. The van der Waals surface area contributed by atoms with E-state index in [0.717, 1.165) is 22.1 Å². The number of aryl methyl sites for hydroxylation is 1. The summed E-state index contributed by atoms with van der Waals surface area (Å²) in [4.78, 5) is 12.0. The van der Waals surface area contributed by atoms with Gasteiger partial charge < -0.3 is 11.1 Å². The first-order chi connectivity index (χ1) is 8.92. The Labute approximate surface area is 124 Å². The fraction of sp³-hybridized carbons (Fsp3) is 0.533. The number of carbonyl (C=O) groups excluding carboxylic acids is 1. The third-order valence-corrected chi connectivity index (χ3v) is 3.70. The second-order valence-corrected chi connectivity index (χ2v) is 6.32. The molecule has 4 heteroatoms. The average molecular weight is 327 g/mol. The fourth-order valence-electron chi connectivity index (χ4n) is 2.13. The average Bonchev–Trinajstić information content (AvgIpc) is 2.32. The van der Waals surface area contributed by atoms with Crippen LogP contribution in [0.5, 0.6) is 0 Å². The van der Waals surface area contributed by atoms with Crippen molar-refractivity contribution in [3.05, 3.63) is 28.2 Å². The van der Waals surface area contributed by atoms with Gasteiger partial charge in [-0.25, -0.2) is 0 Å². The van der Waals surface area contributed by atoms with Gasteiger partial charge in [-0.3, -0.25) is 4.79 Å². The van der Waals surface area contributed by atoms with Crippen LogP contribution >= 0.6 is 15.9 Å². The molecule has 1 atom stereocenters. The maximum absolute atomic E-state index is 12.0. The molecule has 0 bridgehead atoms. The van der Waals surface area contributed by atoms with Crippen LogP contribution in [0.4, 0.5) is 5.69 Å². The maximum atomic E-state index is 12.0. The zero-order valence-electron chi connectivity index (χ0n) is 11.9. The smallest absolute Gasteiger partial charge is 0.224 e. The predicted molar refractivity (Wildman–Crippen MR) is 84.1 cm³/mol. The van der Waals surface area contributed by atoms with Crippen molar-refractivity contribution in [2.75, 3.05) is 11.9 Å². The molecule has 0 fully saturated rings. The van der Waals surface area contributed by atoms with Crippen LogP contribution in [0.3, 0.4) is 0 Å². The van der Waals surface area contributed by atoms with Crippen molar-refractivity contribution in [3.63, 3.8) is 0 Å². The number of anilines is 1. The second kappa shape index (κ2) is 7.65. The number of halogens is 1. The molecular formula is C15H23BrN2O. The number of hydrogen-bond donors (Lipinski definition) is 2. The quantitative estimate of drug-likeness (QED) is 0.837. The molecule has 19 heavy (non-hydrogen) atoms. The molecule has 106 valence electrons. The summed E-state index contributed by atoms with van der Waals surface area (Å²) in [6.07, 6.45) is 1.47. The molecule has 1 aromatic rings. The Balaban J connectivity index is 2.61. The van der Waals surface area contributed by atoms with Crippen molar-refractivity contribution in [1.29, 1.82) is 0 Å². The minimum Gasteiger partial charge on any atom is -0.330 e. The lowest BCUT2D eigenvalue weighted by molar-refractivity contribution is -0.117. The van der Waals surface area contributed by atoms with Gasteiger partial charge in [-0.1, -0.05) is 19.9 Å². The third kappa shape index (κ3) is 5.74. The van der Waals surface area contributed by atoms with Gasteiger partial charge in [0.2, 0.25) is 5.91 Å². The van der Waals surface area contributed by atoms with E-state index in [2.05, 4.69) is 35.1 Å². The fourth-order valence-corrected chi connectivity index (χ4v) is 2.47. The summed E-state index contributed by atoms with van der Waals surface area (Å²) in [6.45, 7) is 6.86. The highest BCUT2D eigenvalue weighted by Crippen LogP contribution is 2.24. The van der Waals surface area contributed by atoms with Crippen molar-refractivity contribution in [2.24, 2.45) is 17.6 Å². The predicted octanol–water partition coefficient (Wildman–Crippen LogP) is 3.71. The molecule has 3 N–H and O–H groups in total. The highest BCUT2D eigenvalue weighted by molar-refractivity contribution is 9.10. The van der Waals surface area contributed by atoms with Gasteiger partial charge in [-0.15, -0.1) is 0 Å². The monoisotopic (exact) mass is 326 g/mol. The number of nitrogens with one attached hydrogen (secondary N) is 1. The summed E-state index contributed by atoms with van der Waals surface area (Å²) in [6, 6.07) is 5.91. The zero-order valence-corrected chi connectivity index (χ0v) is 13.5. The lowest BCUT2D eigenvalue weighted by Gasteiger charge is -2.17. The highest BCUT2D eigenvalue weighted by atomic mass is 79.9. The molecule has 0 spiro atoms. The van der Waals surface area contributed by atoms with Crippen LogP contribution in [-0.2, 0) is 4.79 Å². The standard InChI is InChI=1S/C15H23BrN2O/c1-10(2)6-12(9-17)8-15(19)18-14-7-11(3)4-5-13(14)16/h4-5,7,10,12H,6,8-9,17H2,1-3H3,(H,18,19)/t12-/m0/s1. The Kier molecular flexibility index (Phi) is 6.52. The van der Waals surface area contributed by atoms with E-state index in [0.29, 0.717) is 18.9 Å². The van der Waals surface area contributed by atoms with E-state index < -0.39 is 0 Å². The van der Waals surface area contributed by atoms with Crippen LogP contribution in [0.2, 0.25) is 0 Å².